The molecule has 3 heterocycles. The van der Waals surface area contributed by atoms with Crippen molar-refractivity contribution < 1.29 is 9.59 Å². The zero-order valence-corrected chi connectivity index (χ0v) is 18.7. The van der Waals surface area contributed by atoms with Gasteiger partial charge in [-0.25, -0.2) is 0 Å². The molecule has 30 heavy (non-hydrogen) atoms. The van der Waals surface area contributed by atoms with Crippen LogP contribution in [0, 0.1) is 19.8 Å². The molecular weight excluding hydrogens is 378 g/mol. The molecule has 0 radical (unpaired) electrons. The molecule has 0 spiro atoms. The molecule has 3 fully saturated rings. The number of hydrogen-bond donors (Lipinski definition) is 0. The minimum absolute atomic E-state index is 0.180. The largest absolute Gasteiger partial charge is 0.340 e. The van der Waals surface area contributed by atoms with E-state index in [4.69, 9.17) is 0 Å². The van der Waals surface area contributed by atoms with Gasteiger partial charge in [-0.1, -0.05) is 6.42 Å². The van der Waals surface area contributed by atoms with Crippen LogP contribution in [-0.2, 0) is 16.1 Å². The average molecular weight is 416 g/mol. The van der Waals surface area contributed by atoms with Gasteiger partial charge in [0.15, 0.2) is 0 Å². The van der Waals surface area contributed by atoms with Gasteiger partial charge in [0.05, 0.1) is 11.7 Å². The zero-order chi connectivity index (χ0) is 21.1. The normalized spacial score (nSPS) is 22.5. The lowest BCUT2D eigenvalue weighted by atomic mass is 10.1. The van der Waals surface area contributed by atoms with E-state index < -0.39 is 0 Å². The predicted molar refractivity (Wildman–Crippen MR) is 116 cm³/mol. The molecule has 7 heteroatoms. The van der Waals surface area contributed by atoms with Crippen molar-refractivity contribution in [1.82, 2.24) is 24.5 Å². The first-order valence-corrected chi connectivity index (χ1v) is 11.8. The summed E-state index contributed by atoms with van der Waals surface area (Å²) in [6, 6.07) is 2.22. The molecule has 2 saturated heterocycles. The molecule has 0 aromatic carbocycles. The first-order chi connectivity index (χ1) is 14.5. The van der Waals surface area contributed by atoms with Gasteiger partial charge in [0.2, 0.25) is 11.8 Å². The Kier molecular flexibility index (Phi) is 6.76. The second-order valence-corrected chi connectivity index (χ2v) is 9.39. The van der Waals surface area contributed by atoms with Crippen LogP contribution in [0.5, 0.6) is 0 Å². The lowest BCUT2D eigenvalue weighted by Gasteiger charge is -2.33. The molecule has 1 atom stereocenters. The van der Waals surface area contributed by atoms with E-state index >= 15 is 0 Å². The molecule has 1 saturated carbocycles. The van der Waals surface area contributed by atoms with Crippen LogP contribution < -0.4 is 0 Å². The standard InChI is InChI=1S/C23H37N5O2/c1-18-16-19(2)28(24-18)13-9-22(29)26-12-8-21(17-26)27(23(30)20-6-7-20)15-14-25-10-4-3-5-11-25/h16,20-21H,3-15,17H2,1-2H3. The Morgan fingerprint density at radius 3 is 2.50 bits per heavy atom. The SMILES string of the molecule is Cc1cc(C)n(CCC(=O)N2CCC(N(CCN3CCCCC3)C(=O)C3CC3)C2)n1. The quantitative estimate of drug-likeness (QED) is 0.653. The van der Waals surface area contributed by atoms with E-state index in [9.17, 15) is 9.59 Å². The van der Waals surface area contributed by atoms with Crippen LogP contribution in [0.15, 0.2) is 6.07 Å². The molecule has 1 aromatic rings. The third-order valence-corrected chi connectivity index (χ3v) is 6.91. The molecule has 4 rings (SSSR count). The number of nitrogens with zero attached hydrogens (tertiary/aromatic N) is 5. The van der Waals surface area contributed by atoms with Crippen molar-refractivity contribution in [2.75, 3.05) is 39.3 Å². The van der Waals surface area contributed by atoms with Crippen molar-refractivity contribution >= 4 is 11.8 Å². The molecule has 0 bridgehead atoms. The number of aryl methyl sites for hydroxylation is 3. The number of rotatable bonds is 8. The van der Waals surface area contributed by atoms with Gasteiger partial charge in [-0.05, 0) is 65.1 Å². The monoisotopic (exact) mass is 415 g/mol. The highest BCUT2D eigenvalue weighted by Crippen LogP contribution is 2.33. The summed E-state index contributed by atoms with van der Waals surface area (Å²) in [5.41, 5.74) is 2.09. The van der Waals surface area contributed by atoms with Crippen LogP contribution in [0.4, 0.5) is 0 Å². The maximum atomic E-state index is 13.0. The van der Waals surface area contributed by atoms with Crippen molar-refractivity contribution in [2.45, 2.75) is 71.4 Å². The number of carbonyl (C=O) groups is 2. The second-order valence-electron chi connectivity index (χ2n) is 9.39. The molecule has 2 aliphatic heterocycles. The van der Waals surface area contributed by atoms with Crippen LogP contribution in [0.1, 0.15) is 56.3 Å². The van der Waals surface area contributed by atoms with E-state index in [1.165, 1.54) is 19.3 Å². The van der Waals surface area contributed by atoms with Crippen molar-refractivity contribution in [1.29, 1.82) is 0 Å². The van der Waals surface area contributed by atoms with E-state index in [-0.39, 0.29) is 17.9 Å². The fourth-order valence-corrected chi connectivity index (χ4v) is 4.95. The van der Waals surface area contributed by atoms with E-state index in [0.717, 1.165) is 63.4 Å². The summed E-state index contributed by atoms with van der Waals surface area (Å²) < 4.78 is 1.92. The van der Waals surface area contributed by atoms with Gasteiger partial charge in [0.25, 0.3) is 0 Å². The average Bonchev–Trinajstić information content (AvgIpc) is 3.39. The number of amides is 2. The molecular formula is C23H37N5O2. The Hall–Kier alpha value is -1.89. The third-order valence-electron chi connectivity index (χ3n) is 6.91. The van der Waals surface area contributed by atoms with Crippen molar-refractivity contribution in [2.24, 2.45) is 5.92 Å². The summed E-state index contributed by atoms with van der Waals surface area (Å²) in [6.07, 6.45) is 7.34. The number of piperidine rings is 1. The van der Waals surface area contributed by atoms with E-state index in [1.54, 1.807) is 0 Å². The van der Waals surface area contributed by atoms with Gasteiger partial charge in [-0.15, -0.1) is 0 Å². The lowest BCUT2D eigenvalue weighted by molar-refractivity contribution is -0.136. The summed E-state index contributed by atoms with van der Waals surface area (Å²) in [6.45, 7) is 10.2. The Morgan fingerprint density at radius 2 is 1.83 bits per heavy atom. The number of carbonyl (C=O) groups excluding carboxylic acids is 2. The van der Waals surface area contributed by atoms with Crippen molar-refractivity contribution in [3.63, 3.8) is 0 Å². The molecule has 1 unspecified atom stereocenters. The predicted octanol–water partition coefficient (Wildman–Crippen LogP) is 2.22. The fraction of sp³-hybridized carbons (Fsp3) is 0.783. The molecule has 166 valence electrons. The maximum Gasteiger partial charge on any atom is 0.226 e. The molecule has 7 nitrogen and oxygen atoms in total. The highest BCUT2D eigenvalue weighted by molar-refractivity contribution is 5.82. The smallest absolute Gasteiger partial charge is 0.226 e. The fourth-order valence-electron chi connectivity index (χ4n) is 4.95. The Labute approximate surface area is 180 Å². The summed E-state index contributed by atoms with van der Waals surface area (Å²) in [5, 5.41) is 4.46. The van der Waals surface area contributed by atoms with Crippen molar-refractivity contribution in [3.8, 4) is 0 Å². The van der Waals surface area contributed by atoms with Gasteiger partial charge in [0, 0.05) is 50.8 Å². The Morgan fingerprint density at radius 1 is 1.07 bits per heavy atom. The zero-order valence-electron chi connectivity index (χ0n) is 18.7. The first kappa shape index (κ1) is 21.3. The van der Waals surface area contributed by atoms with Crippen LogP contribution in [0.3, 0.4) is 0 Å². The van der Waals surface area contributed by atoms with Crippen molar-refractivity contribution in [3.05, 3.63) is 17.5 Å². The van der Waals surface area contributed by atoms with Crippen LogP contribution in [0.2, 0.25) is 0 Å². The summed E-state index contributed by atoms with van der Waals surface area (Å²) in [4.78, 5) is 32.4. The minimum Gasteiger partial charge on any atom is -0.340 e. The second kappa shape index (κ2) is 9.50. The number of likely N-dealkylation sites (tertiary alicyclic amines) is 2. The minimum atomic E-state index is 0.180. The first-order valence-electron chi connectivity index (χ1n) is 11.8. The molecule has 0 N–H and O–H groups in total. The summed E-state index contributed by atoms with van der Waals surface area (Å²) in [7, 11) is 0. The highest BCUT2D eigenvalue weighted by atomic mass is 16.2. The van der Waals surface area contributed by atoms with Crippen LogP contribution in [-0.4, -0.2) is 81.6 Å². The summed E-state index contributed by atoms with van der Waals surface area (Å²) >= 11 is 0. The van der Waals surface area contributed by atoms with E-state index in [0.29, 0.717) is 25.4 Å². The van der Waals surface area contributed by atoms with E-state index in [2.05, 4.69) is 14.9 Å². The lowest BCUT2D eigenvalue weighted by Crippen LogP contribution is -2.47. The van der Waals surface area contributed by atoms with E-state index in [1.807, 2.05) is 29.5 Å². The van der Waals surface area contributed by atoms with Crippen LogP contribution in [0.25, 0.3) is 0 Å². The Bertz CT molecular complexity index is 751. The number of hydrogen-bond acceptors (Lipinski definition) is 4. The highest BCUT2D eigenvalue weighted by Gasteiger charge is 2.39. The van der Waals surface area contributed by atoms with Gasteiger partial charge < -0.3 is 14.7 Å². The van der Waals surface area contributed by atoms with Gasteiger partial charge in [-0.3, -0.25) is 14.3 Å². The van der Waals surface area contributed by atoms with Gasteiger partial charge in [-0.2, -0.15) is 5.10 Å². The molecule has 1 aliphatic carbocycles. The van der Waals surface area contributed by atoms with Gasteiger partial charge >= 0.3 is 0 Å². The molecule has 2 amide bonds. The van der Waals surface area contributed by atoms with Crippen LogP contribution >= 0.6 is 0 Å². The third kappa shape index (κ3) is 5.23. The maximum absolute atomic E-state index is 13.0. The topological polar surface area (TPSA) is 61.7 Å². The number of aromatic nitrogens is 2. The molecule has 3 aliphatic rings. The molecule has 1 aromatic heterocycles. The summed E-state index contributed by atoms with van der Waals surface area (Å²) in [5.74, 6) is 0.746. The van der Waals surface area contributed by atoms with Gasteiger partial charge in [0.1, 0.15) is 0 Å². The Balaban J connectivity index is 1.30.